The Morgan fingerprint density at radius 2 is 1.93 bits per heavy atom. The van der Waals surface area contributed by atoms with Crippen LogP contribution in [0.1, 0.15) is 57.6 Å². The Morgan fingerprint density at radius 3 is 2.65 bits per heavy atom. The second kappa shape index (κ2) is 11.8. The number of hydrogen-bond acceptors (Lipinski definition) is 13. The fourth-order valence-corrected chi connectivity index (χ4v) is 9.09. The van der Waals surface area contributed by atoms with Gasteiger partial charge in [0.2, 0.25) is 6.79 Å². The number of methoxy groups -OCH3 is 2. The number of carbonyl (C=O) groups is 2. The van der Waals surface area contributed by atoms with Crippen molar-refractivity contribution in [1.82, 2.24) is 4.90 Å². The highest BCUT2D eigenvalue weighted by Gasteiger charge is 2.55. The number of piperazine rings is 1. The van der Waals surface area contributed by atoms with Crippen molar-refractivity contribution >= 4 is 23.7 Å². The second-order valence-corrected chi connectivity index (χ2v) is 13.1. The Kier molecular flexibility index (Phi) is 7.93. The summed E-state index contributed by atoms with van der Waals surface area (Å²) in [7, 11) is 3.12. The number of aliphatic hydroxyl groups is 1. The highest BCUT2D eigenvalue weighted by Crippen LogP contribution is 2.64. The predicted octanol–water partition coefficient (Wildman–Crippen LogP) is 3.31. The van der Waals surface area contributed by atoms with Crippen molar-refractivity contribution in [2.75, 3.05) is 40.2 Å². The number of carbonyl (C=O) groups excluding carboxylic acids is 2. The summed E-state index contributed by atoms with van der Waals surface area (Å²) in [5.74, 6) is 0.981. The van der Waals surface area contributed by atoms with Gasteiger partial charge in [-0.1, -0.05) is 12.1 Å². The highest BCUT2D eigenvalue weighted by molar-refractivity contribution is 7.99. The van der Waals surface area contributed by atoms with Gasteiger partial charge in [0.25, 0.3) is 0 Å². The Balaban J connectivity index is 1.53. The lowest BCUT2D eigenvalue weighted by Gasteiger charge is -2.65. The average molecular weight is 653 g/mol. The molecular formula is C32H34N3O10S-. The Hall–Kier alpha value is -3.74. The fraction of sp³-hybridized carbons (Fsp3) is 0.531. The summed E-state index contributed by atoms with van der Waals surface area (Å²) in [6.07, 6.45) is -0.919. The van der Waals surface area contributed by atoms with Gasteiger partial charge >= 0.3 is 11.9 Å². The van der Waals surface area contributed by atoms with E-state index in [4.69, 9.17) is 38.5 Å². The average Bonchev–Trinajstić information content (AvgIpc) is 3.53. The lowest BCUT2D eigenvalue weighted by Crippen LogP contribution is -2.62. The molecule has 5 aliphatic heterocycles. The molecule has 4 bridgehead atoms. The van der Waals surface area contributed by atoms with Crippen LogP contribution in [0.2, 0.25) is 0 Å². The van der Waals surface area contributed by atoms with Crippen molar-refractivity contribution in [3.63, 3.8) is 0 Å². The first-order valence-electron chi connectivity index (χ1n) is 15.0. The number of nitrogens with zero attached hydrogens (tertiary/aromatic N) is 3. The van der Waals surface area contributed by atoms with E-state index in [9.17, 15) is 20.0 Å². The summed E-state index contributed by atoms with van der Waals surface area (Å²) >= 11 is 1.32. The van der Waals surface area contributed by atoms with Gasteiger partial charge < -0.3 is 43.6 Å². The quantitative estimate of drug-likeness (QED) is 0.285. The van der Waals surface area contributed by atoms with E-state index >= 15 is 0 Å². The first-order chi connectivity index (χ1) is 22.2. The number of ether oxygens (including phenoxy) is 7. The van der Waals surface area contributed by atoms with Gasteiger partial charge in [-0.25, -0.2) is 4.79 Å². The first kappa shape index (κ1) is 30.9. The molecule has 5 aliphatic rings. The number of esters is 2. The van der Waals surface area contributed by atoms with Crippen LogP contribution in [-0.2, 0) is 25.5 Å². The van der Waals surface area contributed by atoms with Gasteiger partial charge in [0.15, 0.2) is 35.9 Å². The van der Waals surface area contributed by atoms with E-state index < -0.39 is 53.5 Å². The van der Waals surface area contributed by atoms with E-state index in [0.717, 1.165) is 16.7 Å². The molecule has 5 heterocycles. The number of thioether (sulfide) groups is 1. The molecular weight excluding hydrogens is 618 g/mol. The topological polar surface area (TPSA) is 160 Å². The third kappa shape index (κ3) is 4.59. The second-order valence-electron chi connectivity index (χ2n) is 11.9. The van der Waals surface area contributed by atoms with Gasteiger partial charge in [0, 0.05) is 47.8 Å². The summed E-state index contributed by atoms with van der Waals surface area (Å²) in [5, 5.41) is 26.3. The van der Waals surface area contributed by atoms with E-state index in [1.54, 1.807) is 21.1 Å². The molecule has 244 valence electrons. The summed E-state index contributed by atoms with van der Waals surface area (Å²) in [6.45, 7) is 4.81. The van der Waals surface area contributed by atoms with Gasteiger partial charge in [-0.05, 0) is 37.0 Å². The molecule has 0 spiro atoms. The maximum atomic E-state index is 12.9. The van der Waals surface area contributed by atoms with Gasteiger partial charge in [-0.2, -0.15) is 5.26 Å². The van der Waals surface area contributed by atoms with Crippen molar-refractivity contribution in [3.8, 4) is 34.8 Å². The third-order valence-electron chi connectivity index (χ3n) is 9.33. The van der Waals surface area contributed by atoms with Crippen LogP contribution >= 0.6 is 11.8 Å². The molecule has 1 unspecified atom stereocenters. The van der Waals surface area contributed by atoms with Crippen molar-refractivity contribution in [3.05, 3.63) is 44.8 Å². The number of cyclic esters (lactones) is 1. The van der Waals surface area contributed by atoms with Crippen LogP contribution in [-0.4, -0.2) is 86.3 Å². The first-order valence-corrected chi connectivity index (χ1v) is 16.0. The molecule has 2 fully saturated rings. The van der Waals surface area contributed by atoms with Crippen LogP contribution in [0.15, 0.2) is 6.07 Å². The molecule has 0 amide bonds. The number of rotatable bonds is 5. The Morgan fingerprint density at radius 1 is 1.15 bits per heavy atom. The number of nitriles is 1. The maximum Gasteiger partial charge on any atom is 0.335 e. The maximum absolute atomic E-state index is 12.9. The Labute approximate surface area is 269 Å². The summed E-state index contributed by atoms with van der Waals surface area (Å²) in [4.78, 5) is 27.5. The summed E-state index contributed by atoms with van der Waals surface area (Å²) in [5.41, 5.74) is 4.55. The van der Waals surface area contributed by atoms with E-state index in [1.807, 2.05) is 6.92 Å². The molecule has 0 radical (unpaired) electrons. The molecule has 1 N–H and O–H groups in total. The largest absolute Gasteiger partial charge is 0.649 e. The standard InChI is InChI=1S/C32H34N3O10S/c1-13-6-16-7-17-18(8-33)35-19-9-41-32(38)20(37)10-46-31(25(35)24(34-17)21(16)29(26(13)40-5)42-11-39-4)23-22(19)30-28(43-12-44-30)14(2)27(23)45-15(3)36/h6,17-20,24-25,31,37H,7,9-12H2,1-5H3/q-1/t17-,18-,19-,20+,24+,25?,31+/m0/s1. The van der Waals surface area contributed by atoms with Crippen molar-refractivity contribution in [2.24, 2.45) is 0 Å². The van der Waals surface area contributed by atoms with Crippen LogP contribution in [0, 0.1) is 25.2 Å². The monoisotopic (exact) mass is 652 g/mol. The van der Waals surface area contributed by atoms with Gasteiger partial charge in [-0.3, -0.25) is 9.69 Å². The lowest BCUT2D eigenvalue weighted by molar-refractivity contribution is -0.155. The van der Waals surface area contributed by atoms with E-state index in [2.05, 4.69) is 17.0 Å². The van der Waals surface area contributed by atoms with Crippen LogP contribution < -0.4 is 23.7 Å². The van der Waals surface area contributed by atoms with Crippen molar-refractivity contribution in [1.29, 1.82) is 5.26 Å². The zero-order valence-corrected chi connectivity index (χ0v) is 26.8. The van der Waals surface area contributed by atoms with Crippen LogP contribution in [0.25, 0.3) is 5.32 Å². The van der Waals surface area contributed by atoms with Crippen LogP contribution in [0.4, 0.5) is 0 Å². The van der Waals surface area contributed by atoms with Gasteiger partial charge in [0.1, 0.15) is 12.4 Å². The molecule has 2 aromatic rings. The lowest BCUT2D eigenvalue weighted by atomic mass is 9.72. The van der Waals surface area contributed by atoms with Crippen molar-refractivity contribution < 1.29 is 47.9 Å². The minimum atomic E-state index is -1.39. The van der Waals surface area contributed by atoms with Crippen LogP contribution in [0.3, 0.4) is 0 Å². The minimum absolute atomic E-state index is 0.0184. The molecule has 0 aliphatic carbocycles. The van der Waals surface area contributed by atoms with E-state index in [-0.39, 0.29) is 25.9 Å². The van der Waals surface area contributed by atoms with Gasteiger partial charge in [-0.15, -0.1) is 17.8 Å². The minimum Gasteiger partial charge on any atom is -0.649 e. The zero-order valence-electron chi connectivity index (χ0n) is 26.0. The molecule has 46 heavy (non-hydrogen) atoms. The normalized spacial score (nSPS) is 29.1. The molecule has 2 aromatic carbocycles. The smallest absolute Gasteiger partial charge is 0.335 e. The van der Waals surface area contributed by atoms with Crippen LogP contribution in [0.5, 0.6) is 28.7 Å². The Bertz CT molecular complexity index is 1660. The molecule has 14 heteroatoms. The van der Waals surface area contributed by atoms with E-state index in [1.165, 1.54) is 18.7 Å². The molecule has 2 saturated heterocycles. The fourth-order valence-electron chi connectivity index (χ4n) is 7.68. The predicted molar refractivity (Wildman–Crippen MR) is 162 cm³/mol. The molecule has 7 atom stereocenters. The molecule has 7 rings (SSSR count). The number of hydrogen-bond donors (Lipinski definition) is 1. The summed E-state index contributed by atoms with van der Waals surface area (Å²) in [6, 6.07) is 1.66. The molecule has 0 saturated carbocycles. The molecule has 13 nitrogen and oxygen atoms in total. The van der Waals surface area contributed by atoms with E-state index in [0.29, 0.717) is 51.9 Å². The highest BCUT2D eigenvalue weighted by atomic mass is 32.2. The number of aryl methyl sites for hydroxylation is 1. The van der Waals surface area contributed by atoms with Crippen molar-refractivity contribution in [2.45, 2.75) is 68.8 Å². The van der Waals surface area contributed by atoms with Gasteiger partial charge in [0.05, 0.1) is 25.3 Å². The zero-order chi connectivity index (χ0) is 32.4. The SMILES string of the molecule is COCOc1c(OC)c(C)cc2c1[C@H]1[N-][C@@H](C2)[C@H](C#N)N2C1[C@@H]1SC[C@@H](O)C(=O)OC[C@H]2c2c3c(c(C)c(OC(C)=O)c21)OCO3. The number of fused-ring (bicyclic) bond motifs is 9. The summed E-state index contributed by atoms with van der Waals surface area (Å²) < 4.78 is 41.0. The molecule has 0 aromatic heterocycles. The number of benzene rings is 2. The third-order valence-corrected chi connectivity index (χ3v) is 10.7. The number of aliphatic hydroxyl groups excluding tert-OH is 1.